The molecule has 16 heavy (non-hydrogen) atoms. The molecule has 1 aliphatic rings. The maximum Gasteiger partial charge on any atom is 0.0732 e. The highest BCUT2D eigenvalue weighted by atomic mass is 35.5. The first kappa shape index (κ1) is 13.4. The molecule has 0 radical (unpaired) electrons. The zero-order valence-electron chi connectivity index (χ0n) is 9.39. The summed E-state index contributed by atoms with van der Waals surface area (Å²) in [5.41, 5.74) is 1.15. The van der Waals surface area contributed by atoms with Crippen molar-refractivity contribution in [2.45, 2.75) is 31.9 Å². The van der Waals surface area contributed by atoms with Gasteiger partial charge in [-0.25, -0.2) is 0 Å². The molecular formula is C12H19ClN2O. The lowest BCUT2D eigenvalue weighted by molar-refractivity contribution is 0.0910. The standard InChI is InChI=1S/C12H18N2O.ClH/c1-2-7-14-12(5-1)10-15-9-11-4-3-6-13-8-11;/h3-4,6,8,12,14H,1-2,5,7,9-10H2;1H. The van der Waals surface area contributed by atoms with Crippen LogP contribution in [0.3, 0.4) is 0 Å². The number of nitrogens with one attached hydrogen (secondary N) is 1. The fraction of sp³-hybridized carbons (Fsp3) is 0.583. The van der Waals surface area contributed by atoms with Crippen molar-refractivity contribution in [3.8, 4) is 0 Å². The summed E-state index contributed by atoms with van der Waals surface area (Å²) < 4.78 is 5.66. The van der Waals surface area contributed by atoms with Gasteiger partial charge in [-0.3, -0.25) is 4.98 Å². The lowest BCUT2D eigenvalue weighted by Crippen LogP contribution is -2.37. The summed E-state index contributed by atoms with van der Waals surface area (Å²) in [4.78, 5) is 4.05. The van der Waals surface area contributed by atoms with Gasteiger partial charge in [0.05, 0.1) is 13.2 Å². The van der Waals surface area contributed by atoms with Crippen LogP contribution in [0.25, 0.3) is 0 Å². The van der Waals surface area contributed by atoms with E-state index in [0.29, 0.717) is 12.6 Å². The molecular weight excluding hydrogens is 224 g/mol. The minimum absolute atomic E-state index is 0. The van der Waals surface area contributed by atoms with Crippen LogP contribution in [0.15, 0.2) is 24.5 Å². The Bertz CT molecular complexity index is 276. The van der Waals surface area contributed by atoms with Crippen LogP contribution in [-0.4, -0.2) is 24.2 Å². The predicted octanol–water partition coefficient (Wildman–Crippen LogP) is 2.16. The summed E-state index contributed by atoms with van der Waals surface area (Å²) in [7, 11) is 0. The maximum absolute atomic E-state index is 5.66. The van der Waals surface area contributed by atoms with Crippen LogP contribution in [-0.2, 0) is 11.3 Å². The molecule has 1 saturated heterocycles. The normalized spacial score (nSPS) is 20.1. The lowest BCUT2D eigenvalue weighted by atomic mass is 10.1. The third kappa shape index (κ3) is 4.47. The molecule has 1 aromatic heterocycles. The van der Waals surface area contributed by atoms with Gasteiger partial charge in [0.15, 0.2) is 0 Å². The Labute approximate surface area is 103 Å². The predicted molar refractivity (Wildman–Crippen MR) is 66.8 cm³/mol. The molecule has 1 aromatic rings. The van der Waals surface area contributed by atoms with Crippen LogP contribution < -0.4 is 5.32 Å². The number of rotatable bonds is 4. The van der Waals surface area contributed by atoms with Gasteiger partial charge in [0, 0.05) is 18.4 Å². The molecule has 1 aliphatic heterocycles. The van der Waals surface area contributed by atoms with Crippen molar-refractivity contribution in [1.29, 1.82) is 0 Å². The van der Waals surface area contributed by atoms with E-state index in [1.165, 1.54) is 19.3 Å². The summed E-state index contributed by atoms with van der Waals surface area (Å²) in [5, 5.41) is 3.46. The molecule has 0 aromatic carbocycles. The molecule has 1 N–H and O–H groups in total. The first-order valence-electron chi connectivity index (χ1n) is 5.65. The third-order valence-corrected chi connectivity index (χ3v) is 2.72. The summed E-state index contributed by atoms with van der Waals surface area (Å²) in [5.74, 6) is 0. The number of ether oxygens (including phenoxy) is 1. The number of nitrogens with zero attached hydrogens (tertiary/aromatic N) is 1. The van der Waals surface area contributed by atoms with Gasteiger partial charge in [-0.2, -0.15) is 0 Å². The van der Waals surface area contributed by atoms with E-state index in [1.54, 1.807) is 6.20 Å². The zero-order chi connectivity index (χ0) is 10.3. The Balaban J connectivity index is 0.00000128. The average molecular weight is 243 g/mol. The van der Waals surface area contributed by atoms with Crippen molar-refractivity contribution < 1.29 is 4.74 Å². The van der Waals surface area contributed by atoms with Crippen molar-refractivity contribution in [3.63, 3.8) is 0 Å². The van der Waals surface area contributed by atoms with Gasteiger partial charge in [0.1, 0.15) is 0 Å². The molecule has 4 heteroatoms. The van der Waals surface area contributed by atoms with Gasteiger partial charge >= 0.3 is 0 Å². The van der Waals surface area contributed by atoms with Gasteiger partial charge in [0.25, 0.3) is 0 Å². The Kier molecular flexibility index (Phi) is 6.38. The Morgan fingerprint density at radius 3 is 3.06 bits per heavy atom. The Hall–Kier alpha value is -0.640. The van der Waals surface area contributed by atoms with Crippen LogP contribution in [0.4, 0.5) is 0 Å². The highest BCUT2D eigenvalue weighted by molar-refractivity contribution is 5.85. The van der Waals surface area contributed by atoms with Crippen LogP contribution in [0.2, 0.25) is 0 Å². The Morgan fingerprint density at radius 2 is 2.38 bits per heavy atom. The minimum Gasteiger partial charge on any atom is -0.375 e. The van der Waals surface area contributed by atoms with E-state index in [1.807, 2.05) is 18.3 Å². The van der Waals surface area contributed by atoms with Crippen LogP contribution >= 0.6 is 12.4 Å². The molecule has 1 unspecified atom stereocenters. The largest absolute Gasteiger partial charge is 0.375 e. The molecule has 0 amide bonds. The second kappa shape index (κ2) is 7.60. The van der Waals surface area contributed by atoms with Crippen molar-refractivity contribution in [2.24, 2.45) is 0 Å². The van der Waals surface area contributed by atoms with Gasteiger partial charge in [-0.15, -0.1) is 12.4 Å². The summed E-state index contributed by atoms with van der Waals surface area (Å²) in [6, 6.07) is 4.54. The molecule has 90 valence electrons. The molecule has 1 atom stereocenters. The number of aromatic nitrogens is 1. The van der Waals surface area contributed by atoms with Crippen LogP contribution in [0, 0.1) is 0 Å². The second-order valence-corrected chi connectivity index (χ2v) is 4.02. The van der Waals surface area contributed by atoms with E-state index in [-0.39, 0.29) is 12.4 Å². The topological polar surface area (TPSA) is 34.1 Å². The zero-order valence-corrected chi connectivity index (χ0v) is 10.2. The van der Waals surface area contributed by atoms with Crippen LogP contribution in [0.1, 0.15) is 24.8 Å². The fourth-order valence-electron chi connectivity index (χ4n) is 1.87. The minimum atomic E-state index is 0. The first-order chi connectivity index (χ1) is 7.45. The molecule has 2 rings (SSSR count). The fourth-order valence-corrected chi connectivity index (χ4v) is 1.87. The summed E-state index contributed by atoms with van der Waals surface area (Å²) in [6.45, 7) is 2.63. The average Bonchev–Trinajstić information content (AvgIpc) is 2.32. The molecule has 0 spiro atoms. The van der Waals surface area contributed by atoms with Gasteiger partial charge < -0.3 is 10.1 Å². The van der Waals surface area contributed by atoms with Gasteiger partial charge in [-0.05, 0) is 31.0 Å². The Morgan fingerprint density at radius 1 is 1.44 bits per heavy atom. The number of hydrogen-bond acceptors (Lipinski definition) is 3. The van der Waals surface area contributed by atoms with Gasteiger partial charge in [-0.1, -0.05) is 12.5 Å². The SMILES string of the molecule is Cl.c1cncc(COCC2CCCCN2)c1. The highest BCUT2D eigenvalue weighted by Gasteiger charge is 2.11. The third-order valence-electron chi connectivity index (χ3n) is 2.72. The lowest BCUT2D eigenvalue weighted by Gasteiger charge is -2.23. The number of hydrogen-bond donors (Lipinski definition) is 1. The molecule has 3 nitrogen and oxygen atoms in total. The monoisotopic (exact) mass is 242 g/mol. The molecule has 2 heterocycles. The van der Waals surface area contributed by atoms with E-state index in [0.717, 1.165) is 18.7 Å². The molecule has 0 aliphatic carbocycles. The van der Waals surface area contributed by atoms with Gasteiger partial charge in [0.2, 0.25) is 0 Å². The van der Waals surface area contributed by atoms with E-state index in [2.05, 4.69) is 10.3 Å². The van der Waals surface area contributed by atoms with Crippen molar-refractivity contribution in [2.75, 3.05) is 13.2 Å². The highest BCUT2D eigenvalue weighted by Crippen LogP contribution is 2.08. The van der Waals surface area contributed by atoms with E-state index < -0.39 is 0 Å². The van der Waals surface area contributed by atoms with E-state index in [4.69, 9.17) is 4.74 Å². The quantitative estimate of drug-likeness (QED) is 0.879. The van der Waals surface area contributed by atoms with E-state index in [9.17, 15) is 0 Å². The number of pyridine rings is 1. The molecule has 0 saturated carbocycles. The summed E-state index contributed by atoms with van der Waals surface area (Å²) in [6.07, 6.45) is 7.51. The summed E-state index contributed by atoms with van der Waals surface area (Å²) >= 11 is 0. The molecule has 1 fully saturated rings. The number of piperidine rings is 1. The smallest absolute Gasteiger partial charge is 0.0732 e. The maximum atomic E-state index is 5.66. The number of halogens is 1. The van der Waals surface area contributed by atoms with Crippen molar-refractivity contribution >= 4 is 12.4 Å². The second-order valence-electron chi connectivity index (χ2n) is 4.02. The van der Waals surface area contributed by atoms with Crippen molar-refractivity contribution in [1.82, 2.24) is 10.3 Å². The first-order valence-corrected chi connectivity index (χ1v) is 5.65. The van der Waals surface area contributed by atoms with Crippen molar-refractivity contribution in [3.05, 3.63) is 30.1 Å². The van der Waals surface area contributed by atoms with E-state index >= 15 is 0 Å². The van der Waals surface area contributed by atoms with Crippen LogP contribution in [0.5, 0.6) is 0 Å². The molecule has 0 bridgehead atoms.